The van der Waals surface area contributed by atoms with E-state index in [9.17, 15) is 13.2 Å². The number of amides is 1. The second-order valence-corrected chi connectivity index (χ2v) is 8.66. The molecule has 0 radical (unpaired) electrons. The van der Waals surface area contributed by atoms with Crippen molar-refractivity contribution < 1.29 is 17.9 Å². The number of carbonyl (C=O) groups excluding carboxylic acids is 1. The third kappa shape index (κ3) is 2.91. The molecule has 2 heterocycles. The molecule has 0 atom stereocenters. The molecule has 24 heavy (non-hydrogen) atoms. The van der Waals surface area contributed by atoms with Gasteiger partial charge in [0.2, 0.25) is 15.9 Å². The van der Waals surface area contributed by atoms with Crippen LogP contribution in [0.5, 0.6) is 5.75 Å². The normalized spacial score (nSPS) is 21.9. The molecule has 130 valence electrons. The van der Waals surface area contributed by atoms with Crippen LogP contribution in [0.3, 0.4) is 0 Å². The predicted molar refractivity (Wildman–Crippen MR) is 88.3 cm³/mol. The van der Waals surface area contributed by atoms with Gasteiger partial charge < -0.3 is 9.64 Å². The van der Waals surface area contributed by atoms with Crippen LogP contribution in [0.2, 0.25) is 0 Å². The van der Waals surface area contributed by atoms with Gasteiger partial charge in [0.25, 0.3) is 0 Å². The molecule has 2 fully saturated rings. The zero-order valence-electron chi connectivity index (χ0n) is 13.6. The van der Waals surface area contributed by atoms with Gasteiger partial charge in [-0.2, -0.15) is 4.31 Å². The van der Waals surface area contributed by atoms with Gasteiger partial charge in [-0.15, -0.1) is 0 Å². The first-order valence-electron chi connectivity index (χ1n) is 8.60. The van der Waals surface area contributed by atoms with Crippen LogP contribution in [0.15, 0.2) is 23.1 Å². The average Bonchev–Trinajstić information content (AvgIpc) is 3.46. The molecular formula is C17H22N2O4S. The molecule has 1 saturated carbocycles. The van der Waals surface area contributed by atoms with E-state index in [1.165, 1.54) is 4.31 Å². The van der Waals surface area contributed by atoms with Gasteiger partial charge in [-0.3, -0.25) is 4.79 Å². The number of carbonyl (C=O) groups is 1. The zero-order chi connectivity index (χ0) is 16.7. The molecule has 0 spiro atoms. The molecule has 0 bridgehead atoms. The minimum atomic E-state index is -3.51. The van der Waals surface area contributed by atoms with Gasteiger partial charge in [-0.1, -0.05) is 0 Å². The van der Waals surface area contributed by atoms with E-state index >= 15 is 0 Å². The maximum atomic E-state index is 12.9. The number of benzene rings is 1. The molecular weight excluding hydrogens is 328 g/mol. The van der Waals surface area contributed by atoms with Gasteiger partial charge in [-0.25, -0.2) is 8.42 Å². The first-order chi connectivity index (χ1) is 11.6. The molecule has 1 aromatic carbocycles. The number of ether oxygens (including phenoxy) is 1. The Morgan fingerprint density at radius 3 is 2.58 bits per heavy atom. The van der Waals surface area contributed by atoms with E-state index in [1.807, 2.05) is 4.90 Å². The number of nitrogens with zero attached hydrogens (tertiary/aromatic N) is 2. The van der Waals surface area contributed by atoms with Crippen molar-refractivity contribution in [2.24, 2.45) is 5.92 Å². The quantitative estimate of drug-likeness (QED) is 0.823. The fourth-order valence-electron chi connectivity index (χ4n) is 3.38. The van der Waals surface area contributed by atoms with Crippen molar-refractivity contribution in [2.75, 3.05) is 32.8 Å². The first-order valence-corrected chi connectivity index (χ1v) is 10.0. The van der Waals surface area contributed by atoms with Crippen molar-refractivity contribution in [3.8, 4) is 5.75 Å². The third-order valence-corrected chi connectivity index (χ3v) is 6.89. The molecule has 1 saturated heterocycles. The molecule has 2 aliphatic heterocycles. The number of fused-ring (bicyclic) bond motifs is 1. The Hall–Kier alpha value is -1.60. The predicted octanol–water partition coefficient (Wildman–Crippen LogP) is 1.25. The fraction of sp³-hybridized carbons (Fsp3) is 0.588. The molecule has 6 nitrogen and oxygen atoms in total. The zero-order valence-corrected chi connectivity index (χ0v) is 14.4. The molecule has 0 unspecified atom stereocenters. The van der Waals surface area contributed by atoms with E-state index in [-0.39, 0.29) is 11.8 Å². The summed E-state index contributed by atoms with van der Waals surface area (Å²) in [5, 5.41) is 0. The minimum absolute atomic E-state index is 0.189. The van der Waals surface area contributed by atoms with Gasteiger partial charge in [0, 0.05) is 32.1 Å². The second-order valence-electron chi connectivity index (χ2n) is 6.73. The Morgan fingerprint density at radius 1 is 1.12 bits per heavy atom. The van der Waals surface area contributed by atoms with Gasteiger partial charge in [0.15, 0.2) is 0 Å². The van der Waals surface area contributed by atoms with Gasteiger partial charge >= 0.3 is 0 Å². The minimum Gasteiger partial charge on any atom is -0.493 e. The molecule has 1 aliphatic carbocycles. The van der Waals surface area contributed by atoms with Crippen LogP contribution in [-0.2, 0) is 21.2 Å². The van der Waals surface area contributed by atoms with Crippen molar-refractivity contribution in [3.63, 3.8) is 0 Å². The van der Waals surface area contributed by atoms with Crippen LogP contribution in [-0.4, -0.2) is 56.3 Å². The van der Waals surface area contributed by atoms with E-state index in [2.05, 4.69) is 0 Å². The smallest absolute Gasteiger partial charge is 0.243 e. The summed E-state index contributed by atoms with van der Waals surface area (Å²) >= 11 is 0. The number of piperazine rings is 1. The Kier molecular flexibility index (Phi) is 4.00. The molecule has 7 heteroatoms. The van der Waals surface area contributed by atoms with Crippen LogP contribution in [0, 0.1) is 5.92 Å². The van der Waals surface area contributed by atoms with Crippen LogP contribution < -0.4 is 4.74 Å². The fourth-order valence-corrected chi connectivity index (χ4v) is 4.86. The topological polar surface area (TPSA) is 66.9 Å². The highest BCUT2D eigenvalue weighted by Crippen LogP contribution is 2.32. The molecule has 4 rings (SSSR count). The van der Waals surface area contributed by atoms with Crippen molar-refractivity contribution in [2.45, 2.75) is 30.6 Å². The highest BCUT2D eigenvalue weighted by molar-refractivity contribution is 7.89. The lowest BCUT2D eigenvalue weighted by Crippen LogP contribution is -2.50. The second kappa shape index (κ2) is 6.04. The summed E-state index contributed by atoms with van der Waals surface area (Å²) in [5.74, 6) is 1.17. The maximum Gasteiger partial charge on any atom is 0.243 e. The lowest BCUT2D eigenvalue weighted by Gasteiger charge is -2.34. The molecule has 1 aromatic rings. The van der Waals surface area contributed by atoms with Crippen molar-refractivity contribution in [1.82, 2.24) is 9.21 Å². The van der Waals surface area contributed by atoms with Gasteiger partial charge in [-0.05, 0) is 49.4 Å². The lowest BCUT2D eigenvalue weighted by atomic mass is 10.1. The van der Waals surface area contributed by atoms with Crippen molar-refractivity contribution in [3.05, 3.63) is 23.8 Å². The van der Waals surface area contributed by atoms with Crippen LogP contribution >= 0.6 is 0 Å². The van der Waals surface area contributed by atoms with Gasteiger partial charge in [0.05, 0.1) is 11.5 Å². The summed E-state index contributed by atoms with van der Waals surface area (Å²) in [6.45, 7) is 2.41. The highest BCUT2D eigenvalue weighted by atomic mass is 32.2. The average molecular weight is 350 g/mol. The monoisotopic (exact) mass is 350 g/mol. The molecule has 3 aliphatic rings. The number of aryl methyl sites for hydroxylation is 1. The summed E-state index contributed by atoms with van der Waals surface area (Å²) in [4.78, 5) is 14.2. The van der Waals surface area contributed by atoms with E-state index in [0.717, 1.165) is 37.0 Å². The Morgan fingerprint density at radius 2 is 1.88 bits per heavy atom. The third-order valence-electron chi connectivity index (χ3n) is 4.99. The SMILES string of the molecule is O=C(C1CC1)N1CCN(S(=O)(=O)c2ccc3c(c2)CCCO3)CC1. The molecule has 0 N–H and O–H groups in total. The van der Waals surface area contributed by atoms with Crippen LogP contribution in [0.4, 0.5) is 0 Å². The summed E-state index contributed by atoms with van der Waals surface area (Å²) in [6, 6.07) is 5.13. The van der Waals surface area contributed by atoms with Crippen molar-refractivity contribution in [1.29, 1.82) is 0 Å². The van der Waals surface area contributed by atoms with Crippen LogP contribution in [0.25, 0.3) is 0 Å². The lowest BCUT2D eigenvalue weighted by molar-refractivity contribution is -0.133. The van der Waals surface area contributed by atoms with E-state index in [4.69, 9.17) is 4.74 Å². The summed E-state index contributed by atoms with van der Waals surface area (Å²) < 4.78 is 32.8. The number of rotatable bonds is 3. The van der Waals surface area contributed by atoms with E-state index in [0.29, 0.717) is 37.7 Å². The Balaban J connectivity index is 1.48. The number of hydrogen-bond donors (Lipinski definition) is 0. The number of sulfonamides is 1. The standard InChI is InChI=1S/C17H22N2O4S/c20-17(13-3-4-13)18-7-9-19(10-8-18)24(21,22)15-5-6-16-14(12-15)2-1-11-23-16/h5-6,12-13H,1-4,7-11H2. The summed E-state index contributed by atoms with van der Waals surface area (Å²) in [5.41, 5.74) is 0.963. The highest BCUT2D eigenvalue weighted by Gasteiger charge is 2.36. The van der Waals surface area contributed by atoms with E-state index < -0.39 is 10.0 Å². The largest absolute Gasteiger partial charge is 0.493 e. The number of hydrogen-bond acceptors (Lipinski definition) is 4. The molecule has 1 amide bonds. The maximum absolute atomic E-state index is 12.9. The Labute approximate surface area is 142 Å². The van der Waals surface area contributed by atoms with E-state index in [1.54, 1.807) is 18.2 Å². The van der Waals surface area contributed by atoms with Gasteiger partial charge in [0.1, 0.15) is 5.75 Å². The first kappa shape index (κ1) is 15.9. The summed E-state index contributed by atoms with van der Waals surface area (Å²) in [6.07, 6.45) is 3.73. The van der Waals surface area contributed by atoms with Crippen LogP contribution in [0.1, 0.15) is 24.8 Å². The Bertz CT molecular complexity index is 750. The van der Waals surface area contributed by atoms with Crippen molar-refractivity contribution >= 4 is 15.9 Å². The molecule has 0 aromatic heterocycles. The summed E-state index contributed by atoms with van der Waals surface area (Å²) in [7, 11) is -3.51.